The van der Waals surface area contributed by atoms with E-state index in [1.54, 1.807) is 0 Å². The third kappa shape index (κ3) is 1.66. The van der Waals surface area contributed by atoms with Crippen molar-refractivity contribution in [2.75, 3.05) is 6.61 Å². The van der Waals surface area contributed by atoms with Crippen molar-refractivity contribution >= 4 is 10.9 Å². The Hall–Kier alpha value is -1.28. The van der Waals surface area contributed by atoms with Crippen LogP contribution in [0.1, 0.15) is 17.5 Å². The number of aromatic nitrogens is 1. The molecule has 0 atom stereocenters. The first kappa shape index (κ1) is 9.28. The SMILES string of the molecule is Cc1ccc2[nH]cc(CCCO)c2c1. The highest BCUT2D eigenvalue weighted by molar-refractivity contribution is 5.83. The van der Waals surface area contributed by atoms with Gasteiger partial charge in [-0.2, -0.15) is 0 Å². The Bertz CT molecular complexity index is 431. The van der Waals surface area contributed by atoms with Crippen LogP contribution in [0, 0.1) is 6.92 Å². The molecule has 0 spiro atoms. The van der Waals surface area contributed by atoms with E-state index in [-0.39, 0.29) is 6.61 Å². The summed E-state index contributed by atoms with van der Waals surface area (Å²) in [5.74, 6) is 0. The van der Waals surface area contributed by atoms with E-state index in [1.807, 2.05) is 6.20 Å². The minimum atomic E-state index is 0.262. The minimum Gasteiger partial charge on any atom is -0.396 e. The van der Waals surface area contributed by atoms with Crippen LogP contribution in [0.25, 0.3) is 10.9 Å². The summed E-state index contributed by atoms with van der Waals surface area (Å²) < 4.78 is 0. The van der Waals surface area contributed by atoms with Gasteiger partial charge in [-0.3, -0.25) is 0 Å². The molecule has 1 aromatic heterocycles. The number of aryl methyl sites for hydroxylation is 2. The second-order valence-electron chi connectivity index (χ2n) is 3.69. The summed E-state index contributed by atoms with van der Waals surface area (Å²) in [5.41, 5.74) is 3.77. The molecule has 2 rings (SSSR count). The van der Waals surface area contributed by atoms with Gasteiger partial charge in [0.15, 0.2) is 0 Å². The van der Waals surface area contributed by atoms with Crippen LogP contribution in [0.5, 0.6) is 0 Å². The number of aliphatic hydroxyl groups excluding tert-OH is 1. The fourth-order valence-corrected chi connectivity index (χ4v) is 1.77. The first-order valence-corrected chi connectivity index (χ1v) is 4.99. The molecule has 0 unspecified atom stereocenters. The molecule has 1 aromatic carbocycles. The van der Waals surface area contributed by atoms with Crippen LogP contribution in [-0.4, -0.2) is 16.7 Å². The van der Waals surface area contributed by atoms with Gasteiger partial charge in [-0.25, -0.2) is 0 Å². The van der Waals surface area contributed by atoms with Gasteiger partial charge in [0, 0.05) is 23.7 Å². The number of hydrogen-bond acceptors (Lipinski definition) is 1. The van der Waals surface area contributed by atoms with Crippen molar-refractivity contribution in [3.05, 3.63) is 35.5 Å². The quantitative estimate of drug-likeness (QED) is 0.764. The van der Waals surface area contributed by atoms with Crippen molar-refractivity contribution in [2.45, 2.75) is 19.8 Å². The molecule has 0 fully saturated rings. The van der Waals surface area contributed by atoms with Gasteiger partial charge in [0.1, 0.15) is 0 Å². The largest absolute Gasteiger partial charge is 0.396 e. The van der Waals surface area contributed by atoms with Gasteiger partial charge < -0.3 is 10.1 Å². The number of nitrogens with one attached hydrogen (secondary N) is 1. The number of aliphatic hydroxyl groups is 1. The van der Waals surface area contributed by atoms with Crippen LogP contribution >= 0.6 is 0 Å². The molecule has 2 heteroatoms. The molecular formula is C12H15NO. The molecule has 0 aliphatic rings. The van der Waals surface area contributed by atoms with Gasteiger partial charge in [-0.15, -0.1) is 0 Å². The molecule has 2 nitrogen and oxygen atoms in total. The second kappa shape index (κ2) is 3.84. The van der Waals surface area contributed by atoms with Crippen LogP contribution in [0.4, 0.5) is 0 Å². The number of rotatable bonds is 3. The fraction of sp³-hybridized carbons (Fsp3) is 0.333. The lowest BCUT2D eigenvalue weighted by atomic mass is 10.1. The van der Waals surface area contributed by atoms with E-state index in [0.29, 0.717) is 0 Å². The van der Waals surface area contributed by atoms with E-state index in [2.05, 4.69) is 30.1 Å². The molecule has 14 heavy (non-hydrogen) atoms. The van der Waals surface area contributed by atoms with Crippen molar-refractivity contribution in [1.29, 1.82) is 0 Å². The summed E-state index contributed by atoms with van der Waals surface area (Å²) >= 11 is 0. The number of H-pyrrole nitrogens is 1. The summed E-state index contributed by atoms with van der Waals surface area (Å²) in [6.07, 6.45) is 3.82. The van der Waals surface area contributed by atoms with Crippen molar-refractivity contribution in [3.63, 3.8) is 0 Å². The zero-order valence-electron chi connectivity index (χ0n) is 8.38. The molecule has 0 radical (unpaired) electrons. The lowest BCUT2D eigenvalue weighted by Gasteiger charge is -1.98. The number of aromatic amines is 1. The molecule has 0 bridgehead atoms. The van der Waals surface area contributed by atoms with E-state index in [0.717, 1.165) is 12.8 Å². The molecule has 0 aliphatic carbocycles. The van der Waals surface area contributed by atoms with E-state index < -0.39 is 0 Å². The Morgan fingerprint density at radius 3 is 3.00 bits per heavy atom. The van der Waals surface area contributed by atoms with Crippen LogP contribution in [-0.2, 0) is 6.42 Å². The van der Waals surface area contributed by atoms with Gasteiger partial charge in [0.25, 0.3) is 0 Å². The van der Waals surface area contributed by atoms with E-state index in [4.69, 9.17) is 5.11 Å². The maximum absolute atomic E-state index is 8.78. The summed E-state index contributed by atoms with van der Waals surface area (Å²) in [5, 5.41) is 10.1. The smallest absolute Gasteiger partial charge is 0.0456 e. The average Bonchev–Trinajstić information content (AvgIpc) is 2.57. The van der Waals surface area contributed by atoms with Gasteiger partial charge >= 0.3 is 0 Å². The number of benzene rings is 1. The Labute approximate surface area is 83.6 Å². The topological polar surface area (TPSA) is 36.0 Å². The Morgan fingerprint density at radius 2 is 2.21 bits per heavy atom. The van der Waals surface area contributed by atoms with Crippen molar-refractivity contribution in [1.82, 2.24) is 4.98 Å². The zero-order chi connectivity index (χ0) is 9.97. The third-order valence-corrected chi connectivity index (χ3v) is 2.53. The van der Waals surface area contributed by atoms with E-state index in [9.17, 15) is 0 Å². The molecule has 1 heterocycles. The normalized spacial score (nSPS) is 11.0. The maximum Gasteiger partial charge on any atom is 0.0456 e. The predicted octanol–water partition coefficient (Wildman–Crippen LogP) is 2.40. The monoisotopic (exact) mass is 189 g/mol. The van der Waals surface area contributed by atoms with Gasteiger partial charge in [0.2, 0.25) is 0 Å². The highest BCUT2D eigenvalue weighted by atomic mass is 16.2. The highest BCUT2D eigenvalue weighted by Gasteiger charge is 2.02. The lowest BCUT2D eigenvalue weighted by Crippen LogP contribution is -1.87. The number of hydrogen-bond donors (Lipinski definition) is 2. The molecule has 0 saturated carbocycles. The van der Waals surface area contributed by atoms with E-state index in [1.165, 1.54) is 22.0 Å². The molecular weight excluding hydrogens is 174 g/mol. The minimum absolute atomic E-state index is 0.262. The fourth-order valence-electron chi connectivity index (χ4n) is 1.77. The van der Waals surface area contributed by atoms with Crippen molar-refractivity contribution < 1.29 is 5.11 Å². The van der Waals surface area contributed by atoms with Crippen molar-refractivity contribution in [3.8, 4) is 0 Å². The molecule has 0 amide bonds. The van der Waals surface area contributed by atoms with Crippen LogP contribution in [0.3, 0.4) is 0 Å². The van der Waals surface area contributed by atoms with Crippen LogP contribution in [0.2, 0.25) is 0 Å². The van der Waals surface area contributed by atoms with Gasteiger partial charge in [-0.1, -0.05) is 11.6 Å². The van der Waals surface area contributed by atoms with Crippen LogP contribution in [0.15, 0.2) is 24.4 Å². The number of fused-ring (bicyclic) bond motifs is 1. The molecule has 74 valence electrons. The summed E-state index contributed by atoms with van der Waals surface area (Å²) in [6.45, 7) is 2.36. The third-order valence-electron chi connectivity index (χ3n) is 2.53. The standard InChI is InChI=1S/C12H15NO/c1-9-4-5-12-11(7-9)10(8-13-12)3-2-6-14/h4-5,7-8,13-14H,2-3,6H2,1H3. The Balaban J connectivity index is 2.40. The maximum atomic E-state index is 8.78. The Kier molecular flexibility index (Phi) is 2.55. The first-order chi connectivity index (χ1) is 6.81. The Morgan fingerprint density at radius 1 is 1.36 bits per heavy atom. The van der Waals surface area contributed by atoms with Crippen molar-refractivity contribution in [2.24, 2.45) is 0 Å². The van der Waals surface area contributed by atoms with Gasteiger partial charge in [0.05, 0.1) is 0 Å². The second-order valence-corrected chi connectivity index (χ2v) is 3.69. The summed E-state index contributed by atoms with van der Waals surface area (Å²) in [7, 11) is 0. The van der Waals surface area contributed by atoms with E-state index >= 15 is 0 Å². The molecule has 0 saturated heterocycles. The van der Waals surface area contributed by atoms with Gasteiger partial charge in [-0.05, 0) is 37.5 Å². The molecule has 2 aromatic rings. The first-order valence-electron chi connectivity index (χ1n) is 4.99. The summed E-state index contributed by atoms with van der Waals surface area (Å²) in [6, 6.07) is 6.40. The van der Waals surface area contributed by atoms with Crippen LogP contribution < -0.4 is 0 Å². The molecule has 2 N–H and O–H groups in total. The average molecular weight is 189 g/mol. The zero-order valence-corrected chi connectivity index (χ0v) is 8.38. The lowest BCUT2D eigenvalue weighted by molar-refractivity contribution is 0.289. The summed E-state index contributed by atoms with van der Waals surface area (Å²) in [4.78, 5) is 3.24. The predicted molar refractivity (Wildman–Crippen MR) is 58.4 cm³/mol. The molecule has 0 aliphatic heterocycles. The highest BCUT2D eigenvalue weighted by Crippen LogP contribution is 2.20.